The van der Waals surface area contributed by atoms with Crippen molar-refractivity contribution >= 4 is 11.6 Å². The highest BCUT2D eigenvalue weighted by molar-refractivity contribution is 6.17. The third-order valence-electron chi connectivity index (χ3n) is 3.55. The van der Waals surface area contributed by atoms with E-state index >= 15 is 0 Å². The number of aryl methyl sites for hydroxylation is 1. The van der Waals surface area contributed by atoms with Crippen LogP contribution in [0.1, 0.15) is 16.7 Å². The third kappa shape index (κ3) is 3.13. The van der Waals surface area contributed by atoms with Crippen molar-refractivity contribution < 1.29 is 13.9 Å². The van der Waals surface area contributed by atoms with Gasteiger partial charge < -0.3 is 9.47 Å². The molecule has 1 aliphatic rings. The van der Waals surface area contributed by atoms with E-state index in [9.17, 15) is 4.39 Å². The van der Waals surface area contributed by atoms with Crippen LogP contribution < -0.4 is 9.47 Å². The average Bonchev–Trinajstić information content (AvgIpc) is 2.87. The summed E-state index contributed by atoms with van der Waals surface area (Å²) in [6.45, 7) is 2.48. The van der Waals surface area contributed by atoms with Crippen molar-refractivity contribution in [2.24, 2.45) is 0 Å². The van der Waals surface area contributed by atoms with Gasteiger partial charge in [-0.25, -0.2) is 4.39 Å². The Morgan fingerprint density at radius 1 is 1.29 bits per heavy atom. The number of ether oxygens (including phenoxy) is 2. The smallest absolute Gasteiger partial charge is 0.137 e. The van der Waals surface area contributed by atoms with E-state index in [2.05, 4.69) is 13.0 Å². The molecule has 0 spiro atoms. The zero-order valence-corrected chi connectivity index (χ0v) is 12.5. The summed E-state index contributed by atoms with van der Waals surface area (Å²) < 4.78 is 24.8. The third-order valence-corrected chi connectivity index (χ3v) is 3.84. The molecule has 0 saturated heterocycles. The van der Waals surface area contributed by atoms with Crippen LogP contribution in [0.15, 0.2) is 36.4 Å². The first-order valence-corrected chi connectivity index (χ1v) is 7.42. The first-order chi connectivity index (χ1) is 10.2. The van der Waals surface area contributed by atoms with Crippen molar-refractivity contribution in [2.75, 3.05) is 6.61 Å². The van der Waals surface area contributed by atoms with Crippen LogP contribution in [0, 0.1) is 12.7 Å². The minimum atomic E-state index is -0.307. The van der Waals surface area contributed by atoms with Gasteiger partial charge in [-0.1, -0.05) is 17.7 Å². The average molecular weight is 307 g/mol. The van der Waals surface area contributed by atoms with Gasteiger partial charge in [-0.2, -0.15) is 0 Å². The topological polar surface area (TPSA) is 18.5 Å². The SMILES string of the molecule is Cc1ccc2c(c1)CC(COc1ccc(F)cc1CCl)O2. The fraction of sp³-hybridized carbons (Fsp3) is 0.294. The van der Waals surface area contributed by atoms with Gasteiger partial charge in [0.1, 0.15) is 30.0 Å². The van der Waals surface area contributed by atoms with Crippen molar-refractivity contribution in [1.29, 1.82) is 0 Å². The Kier molecular flexibility index (Phi) is 4.02. The predicted octanol–water partition coefficient (Wildman–Crippen LogP) is 4.26. The van der Waals surface area contributed by atoms with E-state index < -0.39 is 0 Å². The fourth-order valence-corrected chi connectivity index (χ4v) is 2.73. The molecule has 0 N–H and O–H groups in total. The Labute approximate surface area is 128 Å². The number of halogens is 2. The van der Waals surface area contributed by atoms with Crippen LogP contribution in [-0.2, 0) is 12.3 Å². The summed E-state index contributed by atoms with van der Waals surface area (Å²) in [4.78, 5) is 0. The summed E-state index contributed by atoms with van der Waals surface area (Å²) in [7, 11) is 0. The van der Waals surface area contributed by atoms with Gasteiger partial charge in [0.2, 0.25) is 0 Å². The summed E-state index contributed by atoms with van der Waals surface area (Å²) in [5, 5.41) is 0. The maximum atomic E-state index is 13.2. The van der Waals surface area contributed by atoms with E-state index in [4.69, 9.17) is 21.1 Å². The van der Waals surface area contributed by atoms with Gasteiger partial charge in [-0.15, -0.1) is 11.6 Å². The lowest BCUT2D eigenvalue weighted by Gasteiger charge is -2.14. The molecular weight excluding hydrogens is 291 g/mol. The molecule has 21 heavy (non-hydrogen) atoms. The van der Waals surface area contributed by atoms with Gasteiger partial charge in [0, 0.05) is 12.0 Å². The highest BCUT2D eigenvalue weighted by Gasteiger charge is 2.23. The molecule has 2 nitrogen and oxygen atoms in total. The second kappa shape index (κ2) is 5.94. The standard InChI is InChI=1S/C17H16ClFO2/c1-11-2-4-17-12(6-11)8-15(21-17)10-20-16-5-3-14(19)7-13(16)9-18/h2-7,15H,8-10H2,1H3. The lowest BCUT2D eigenvalue weighted by atomic mass is 10.1. The first kappa shape index (κ1) is 14.2. The largest absolute Gasteiger partial charge is 0.489 e. The minimum absolute atomic E-state index is 0.0185. The number of hydrogen-bond donors (Lipinski definition) is 0. The number of rotatable bonds is 4. The van der Waals surface area contributed by atoms with Crippen LogP contribution in [0.2, 0.25) is 0 Å². The number of hydrogen-bond acceptors (Lipinski definition) is 2. The molecule has 1 atom stereocenters. The van der Waals surface area contributed by atoms with Gasteiger partial charge in [0.15, 0.2) is 0 Å². The maximum absolute atomic E-state index is 13.2. The molecule has 0 aliphatic carbocycles. The van der Waals surface area contributed by atoms with Crippen LogP contribution in [0.3, 0.4) is 0 Å². The lowest BCUT2D eigenvalue weighted by Crippen LogP contribution is -2.22. The maximum Gasteiger partial charge on any atom is 0.137 e. The second-order valence-corrected chi connectivity index (χ2v) is 5.52. The molecule has 110 valence electrons. The molecule has 0 aromatic heterocycles. The Hall–Kier alpha value is -1.74. The quantitative estimate of drug-likeness (QED) is 0.786. The number of benzene rings is 2. The molecule has 2 aromatic carbocycles. The summed E-state index contributed by atoms with van der Waals surface area (Å²) in [6, 6.07) is 10.5. The van der Waals surface area contributed by atoms with Gasteiger partial charge in [0.25, 0.3) is 0 Å². The van der Waals surface area contributed by atoms with Gasteiger partial charge in [0.05, 0.1) is 5.88 Å². The molecule has 0 fully saturated rings. The Balaban J connectivity index is 1.65. The summed E-state index contributed by atoms with van der Waals surface area (Å²) in [5.74, 6) is 1.45. The Morgan fingerprint density at radius 2 is 2.14 bits per heavy atom. The van der Waals surface area contributed by atoms with Crippen LogP contribution in [0.5, 0.6) is 11.5 Å². The Morgan fingerprint density at radius 3 is 2.95 bits per heavy atom. The molecular formula is C17H16ClFO2. The van der Waals surface area contributed by atoms with Gasteiger partial charge in [-0.05, 0) is 36.8 Å². The lowest BCUT2D eigenvalue weighted by molar-refractivity contribution is 0.148. The molecule has 1 heterocycles. The molecule has 2 aromatic rings. The van der Waals surface area contributed by atoms with Crippen LogP contribution >= 0.6 is 11.6 Å². The molecule has 0 radical (unpaired) electrons. The van der Waals surface area contributed by atoms with Gasteiger partial charge >= 0.3 is 0 Å². The van der Waals surface area contributed by atoms with Crippen LogP contribution in [0.4, 0.5) is 4.39 Å². The van der Waals surface area contributed by atoms with Crippen molar-refractivity contribution in [3.63, 3.8) is 0 Å². The van der Waals surface area contributed by atoms with E-state index in [1.54, 1.807) is 6.07 Å². The monoisotopic (exact) mass is 306 g/mol. The van der Waals surface area contributed by atoms with Crippen molar-refractivity contribution in [2.45, 2.75) is 25.3 Å². The molecule has 0 saturated carbocycles. The fourth-order valence-electron chi connectivity index (χ4n) is 2.52. The van der Waals surface area contributed by atoms with E-state index in [0.717, 1.165) is 12.2 Å². The predicted molar refractivity (Wildman–Crippen MR) is 80.8 cm³/mol. The van der Waals surface area contributed by atoms with Crippen LogP contribution in [0.25, 0.3) is 0 Å². The normalized spacial score (nSPS) is 16.4. The van der Waals surface area contributed by atoms with Crippen molar-refractivity contribution in [1.82, 2.24) is 0 Å². The molecule has 1 aliphatic heterocycles. The summed E-state index contributed by atoms with van der Waals surface area (Å²) >= 11 is 5.81. The van der Waals surface area contributed by atoms with E-state index in [1.807, 2.05) is 12.1 Å². The highest BCUT2D eigenvalue weighted by atomic mass is 35.5. The highest BCUT2D eigenvalue weighted by Crippen LogP contribution is 2.30. The number of alkyl halides is 1. The van der Waals surface area contributed by atoms with E-state index in [0.29, 0.717) is 17.9 Å². The van der Waals surface area contributed by atoms with Crippen molar-refractivity contribution in [3.05, 3.63) is 58.9 Å². The summed E-state index contributed by atoms with van der Waals surface area (Å²) in [6.07, 6.45) is 0.809. The molecule has 3 rings (SSSR count). The zero-order chi connectivity index (χ0) is 14.8. The molecule has 0 amide bonds. The van der Waals surface area contributed by atoms with E-state index in [1.165, 1.54) is 23.3 Å². The second-order valence-electron chi connectivity index (χ2n) is 5.25. The number of fused-ring (bicyclic) bond motifs is 1. The molecule has 0 bridgehead atoms. The molecule has 1 unspecified atom stereocenters. The minimum Gasteiger partial charge on any atom is -0.489 e. The first-order valence-electron chi connectivity index (χ1n) is 6.89. The Bertz CT molecular complexity index is 657. The van der Waals surface area contributed by atoms with Crippen molar-refractivity contribution in [3.8, 4) is 11.5 Å². The van der Waals surface area contributed by atoms with E-state index in [-0.39, 0.29) is 17.8 Å². The summed E-state index contributed by atoms with van der Waals surface area (Å²) in [5.41, 5.74) is 3.09. The van der Waals surface area contributed by atoms with Crippen LogP contribution in [-0.4, -0.2) is 12.7 Å². The molecule has 4 heteroatoms. The van der Waals surface area contributed by atoms with Gasteiger partial charge in [-0.3, -0.25) is 0 Å². The zero-order valence-electron chi connectivity index (χ0n) is 11.7.